The van der Waals surface area contributed by atoms with E-state index in [1.54, 1.807) is 13.0 Å². The number of rotatable bonds is 3. The van der Waals surface area contributed by atoms with Crippen molar-refractivity contribution in [1.29, 1.82) is 0 Å². The second-order valence-electron chi connectivity index (χ2n) is 7.45. The molecule has 5 heteroatoms. The minimum atomic E-state index is -0.846. The van der Waals surface area contributed by atoms with Gasteiger partial charge in [0.05, 0.1) is 6.61 Å². The number of aryl methyl sites for hydroxylation is 3. The lowest BCUT2D eigenvalue weighted by atomic mass is 9.90. The van der Waals surface area contributed by atoms with E-state index in [1.165, 1.54) is 0 Å². The molecule has 1 heterocycles. The van der Waals surface area contributed by atoms with Gasteiger partial charge < -0.3 is 13.9 Å². The molecule has 0 bridgehead atoms. The fourth-order valence-electron chi connectivity index (χ4n) is 2.96. The van der Waals surface area contributed by atoms with Crippen molar-refractivity contribution >= 4 is 6.16 Å². The second-order valence-corrected chi connectivity index (χ2v) is 7.45. The van der Waals surface area contributed by atoms with Crippen LogP contribution < -0.4 is 10.4 Å². The van der Waals surface area contributed by atoms with Gasteiger partial charge in [0.25, 0.3) is 0 Å². The van der Waals surface area contributed by atoms with Gasteiger partial charge in [-0.2, -0.15) is 0 Å². The Morgan fingerprint density at radius 1 is 1.04 bits per heavy atom. The fraction of sp³-hybridized carbons (Fsp3) is 0.429. The predicted octanol–water partition coefficient (Wildman–Crippen LogP) is 5.06. The van der Waals surface area contributed by atoms with Crippen molar-refractivity contribution in [3.05, 3.63) is 51.1 Å². The molecule has 0 saturated carbocycles. The first-order valence-electron chi connectivity index (χ1n) is 8.66. The Morgan fingerprint density at radius 3 is 2.12 bits per heavy atom. The lowest BCUT2D eigenvalue weighted by Crippen LogP contribution is -2.19. The van der Waals surface area contributed by atoms with Crippen LogP contribution in [0.2, 0.25) is 0 Å². The molecule has 0 N–H and O–H groups in total. The summed E-state index contributed by atoms with van der Waals surface area (Å²) in [6.07, 6.45) is -0.846. The molecule has 0 aliphatic carbocycles. The average Bonchev–Trinajstić information content (AvgIpc) is 2.47. The average molecular weight is 358 g/mol. The van der Waals surface area contributed by atoms with E-state index < -0.39 is 17.2 Å². The minimum Gasteiger partial charge on any atom is -0.434 e. The molecular weight excluding hydrogens is 332 g/mol. The van der Waals surface area contributed by atoms with Crippen LogP contribution in [0.1, 0.15) is 50.1 Å². The number of carbonyl (C=O) groups excluding carboxylic acids is 1. The highest BCUT2D eigenvalue weighted by Gasteiger charge is 2.26. The molecule has 0 saturated heterocycles. The molecule has 0 atom stereocenters. The number of hydrogen-bond acceptors (Lipinski definition) is 5. The molecule has 0 fully saturated rings. The number of benzene rings is 1. The summed E-state index contributed by atoms with van der Waals surface area (Å²) in [5.41, 5.74) is 2.91. The Balaban J connectivity index is 2.76. The molecule has 0 radical (unpaired) electrons. The Bertz CT molecular complexity index is 861. The zero-order valence-electron chi connectivity index (χ0n) is 16.5. The number of carbonyl (C=O) groups is 1. The topological polar surface area (TPSA) is 65.7 Å². The van der Waals surface area contributed by atoms with E-state index >= 15 is 0 Å². The smallest absolute Gasteiger partial charge is 0.434 e. The molecular formula is C21H26O5. The van der Waals surface area contributed by atoms with E-state index in [0.717, 1.165) is 16.7 Å². The Kier molecular flexibility index (Phi) is 5.59. The van der Waals surface area contributed by atoms with Crippen LogP contribution in [0, 0.1) is 20.8 Å². The van der Waals surface area contributed by atoms with Crippen molar-refractivity contribution in [1.82, 2.24) is 0 Å². The zero-order valence-corrected chi connectivity index (χ0v) is 16.5. The van der Waals surface area contributed by atoms with Crippen molar-refractivity contribution in [3.8, 4) is 16.9 Å². The molecule has 2 rings (SSSR count). The molecule has 5 nitrogen and oxygen atoms in total. The summed E-state index contributed by atoms with van der Waals surface area (Å²) in [5, 5.41) is 0. The first-order chi connectivity index (χ1) is 12.0. The van der Waals surface area contributed by atoms with Crippen molar-refractivity contribution in [2.45, 2.75) is 53.9 Å². The summed E-state index contributed by atoms with van der Waals surface area (Å²) in [4.78, 5) is 24.8. The molecule has 0 aliphatic heterocycles. The SMILES string of the molecule is CCOC(=O)Oc1cc(C(C)(C)C)oc(=O)c1-c1c(C)cc(C)cc1C. The maximum Gasteiger partial charge on any atom is 0.513 e. The fourth-order valence-corrected chi connectivity index (χ4v) is 2.96. The summed E-state index contributed by atoms with van der Waals surface area (Å²) >= 11 is 0. The predicted molar refractivity (Wildman–Crippen MR) is 101 cm³/mol. The monoisotopic (exact) mass is 358 g/mol. The van der Waals surface area contributed by atoms with Crippen molar-refractivity contribution in [2.75, 3.05) is 6.61 Å². The van der Waals surface area contributed by atoms with Crippen LogP contribution in [0.25, 0.3) is 11.1 Å². The Hall–Kier alpha value is -2.56. The third kappa shape index (κ3) is 4.15. The Morgan fingerprint density at radius 2 is 1.62 bits per heavy atom. The maximum absolute atomic E-state index is 12.8. The second kappa shape index (κ2) is 7.36. The molecule has 26 heavy (non-hydrogen) atoms. The van der Waals surface area contributed by atoms with E-state index in [-0.39, 0.29) is 17.9 Å². The maximum atomic E-state index is 12.8. The molecule has 0 aliphatic rings. The summed E-state index contributed by atoms with van der Waals surface area (Å²) in [5.74, 6) is 0.590. The van der Waals surface area contributed by atoms with Crippen LogP contribution in [0.4, 0.5) is 4.79 Å². The molecule has 1 aromatic carbocycles. The lowest BCUT2D eigenvalue weighted by Gasteiger charge is -2.20. The van der Waals surface area contributed by atoms with Gasteiger partial charge >= 0.3 is 11.8 Å². The molecule has 0 amide bonds. The van der Waals surface area contributed by atoms with Crippen molar-refractivity contribution < 1.29 is 18.7 Å². The lowest BCUT2D eigenvalue weighted by molar-refractivity contribution is 0.104. The zero-order chi connectivity index (χ0) is 19.6. The highest BCUT2D eigenvalue weighted by atomic mass is 16.7. The van der Waals surface area contributed by atoms with E-state index in [1.807, 2.05) is 53.7 Å². The van der Waals surface area contributed by atoms with Crippen LogP contribution in [0.5, 0.6) is 5.75 Å². The summed E-state index contributed by atoms with van der Waals surface area (Å²) < 4.78 is 15.8. The van der Waals surface area contributed by atoms with E-state index in [4.69, 9.17) is 13.9 Å². The highest BCUT2D eigenvalue weighted by Crippen LogP contribution is 2.35. The molecule has 0 unspecified atom stereocenters. The largest absolute Gasteiger partial charge is 0.513 e. The number of hydrogen-bond donors (Lipinski definition) is 0. The van der Waals surface area contributed by atoms with Gasteiger partial charge in [-0.1, -0.05) is 38.5 Å². The van der Waals surface area contributed by atoms with Gasteiger partial charge in [-0.3, -0.25) is 0 Å². The van der Waals surface area contributed by atoms with Gasteiger partial charge in [0, 0.05) is 11.5 Å². The third-order valence-electron chi connectivity index (χ3n) is 4.04. The van der Waals surface area contributed by atoms with Crippen LogP contribution in [0.15, 0.2) is 27.4 Å². The van der Waals surface area contributed by atoms with Gasteiger partial charge in [0.1, 0.15) is 11.3 Å². The van der Waals surface area contributed by atoms with E-state index in [2.05, 4.69) is 0 Å². The van der Waals surface area contributed by atoms with Crippen LogP contribution in [-0.2, 0) is 10.2 Å². The first-order valence-corrected chi connectivity index (χ1v) is 8.66. The van der Waals surface area contributed by atoms with Gasteiger partial charge in [-0.25, -0.2) is 9.59 Å². The van der Waals surface area contributed by atoms with Gasteiger partial charge in [0.15, 0.2) is 5.75 Å². The summed E-state index contributed by atoms with van der Waals surface area (Å²) in [6.45, 7) is 13.5. The summed E-state index contributed by atoms with van der Waals surface area (Å²) in [7, 11) is 0. The van der Waals surface area contributed by atoms with E-state index in [0.29, 0.717) is 11.3 Å². The number of ether oxygens (including phenoxy) is 2. The first kappa shape index (κ1) is 19.8. The normalized spacial score (nSPS) is 11.3. The van der Waals surface area contributed by atoms with E-state index in [9.17, 15) is 9.59 Å². The van der Waals surface area contributed by atoms with Crippen molar-refractivity contribution in [2.24, 2.45) is 0 Å². The molecule has 1 aromatic heterocycles. The van der Waals surface area contributed by atoms with Crippen LogP contribution in [0.3, 0.4) is 0 Å². The minimum absolute atomic E-state index is 0.152. The molecule has 0 spiro atoms. The molecule has 2 aromatic rings. The highest BCUT2D eigenvalue weighted by molar-refractivity contribution is 5.78. The van der Waals surface area contributed by atoms with Gasteiger partial charge in [-0.05, 0) is 44.4 Å². The Labute approximate surface area is 153 Å². The molecule has 140 valence electrons. The van der Waals surface area contributed by atoms with Gasteiger partial charge in [0.2, 0.25) is 0 Å². The summed E-state index contributed by atoms with van der Waals surface area (Å²) in [6, 6.07) is 5.56. The van der Waals surface area contributed by atoms with Crippen LogP contribution >= 0.6 is 0 Å². The third-order valence-corrected chi connectivity index (χ3v) is 4.04. The standard InChI is InChI=1S/C21H26O5/c1-8-24-20(23)25-15-11-16(21(5,6)7)26-19(22)18(15)17-13(3)9-12(2)10-14(17)4/h9-11H,8H2,1-7H3. The quantitative estimate of drug-likeness (QED) is 0.717. The van der Waals surface area contributed by atoms with Crippen molar-refractivity contribution in [3.63, 3.8) is 0 Å². The van der Waals surface area contributed by atoms with Gasteiger partial charge in [-0.15, -0.1) is 0 Å². The van der Waals surface area contributed by atoms with Crippen LogP contribution in [-0.4, -0.2) is 12.8 Å².